The van der Waals surface area contributed by atoms with Crippen molar-refractivity contribution in [2.45, 2.75) is 50.9 Å². The molecule has 4 fully saturated rings. The summed E-state index contributed by atoms with van der Waals surface area (Å²) >= 11 is 0. The SMILES string of the molecule is C=C1CCC[C@]2(C)C[C@H]3OC(=O)C(CN4CCN(C(O)(c5ccccc5)c5ccccc5)CC4)[C@H]3CC12. The van der Waals surface area contributed by atoms with Gasteiger partial charge in [0.15, 0.2) is 5.72 Å². The van der Waals surface area contributed by atoms with Crippen LogP contribution in [0.2, 0.25) is 0 Å². The van der Waals surface area contributed by atoms with Gasteiger partial charge >= 0.3 is 5.97 Å². The molecule has 0 aromatic heterocycles. The Bertz CT molecular complexity index is 1090. The van der Waals surface area contributed by atoms with E-state index in [0.717, 1.165) is 63.1 Å². The number of allylic oxidation sites excluding steroid dienone is 1. The van der Waals surface area contributed by atoms with Crippen molar-refractivity contribution in [1.29, 1.82) is 0 Å². The van der Waals surface area contributed by atoms with Crippen molar-refractivity contribution in [3.05, 3.63) is 83.9 Å². The first-order valence-corrected chi connectivity index (χ1v) is 14.1. The molecular weight excluding hydrogens is 460 g/mol. The minimum Gasteiger partial charge on any atom is -0.462 e. The molecule has 2 aromatic carbocycles. The number of hydrogen-bond acceptors (Lipinski definition) is 5. The van der Waals surface area contributed by atoms with Crippen molar-refractivity contribution in [3.8, 4) is 0 Å². The number of aliphatic hydroxyl groups is 1. The Morgan fingerprint density at radius 1 is 1.03 bits per heavy atom. The lowest BCUT2D eigenvalue weighted by molar-refractivity contribution is -0.146. The van der Waals surface area contributed by atoms with Crippen molar-refractivity contribution in [2.24, 2.45) is 23.2 Å². The van der Waals surface area contributed by atoms with Gasteiger partial charge in [-0.05, 0) is 43.4 Å². The zero-order valence-corrected chi connectivity index (χ0v) is 22.0. The highest BCUT2D eigenvalue weighted by molar-refractivity contribution is 5.75. The minimum atomic E-state index is -1.18. The molecule has 2 aliphatic heterocycles. The van der Waals surface area contributed by atoms with Gasteiger partial charge in [-0.2, -0.15) is 0 Å². The number of carbonyl (C=O) groups is 1. The van der Waals surface area contributed by atoms with E-state index in [-0.39, 0.29) is 23.4 Å². The molecule has 6 rings (SSSR count). The molecule has 2 saturated carbocycles. The van der Waals surface area contributed by atoms with Gasteiger partial charge < -0.3 is 9.84 Å². The van der Waals surface area contributed by atoms with Gasteiger partial charge in [0, 0.05) is 49.8 Å². The molecule has 2 saturated heterocycles. The Kier molecular flexibility index (Phi) is 6.50. The largest absolute Gasteiger partial charge is 0.462 e. The molecule has 37 heavy (non-hydrogen) atoms. The minimum absolute atomic E-state index is 0.00429. The molecule has 2 aromatic rings. The standard InChI is InChI=1S/C32H40N2O3/c1-23-10-9-15-31(2)21-29-26(20-28(23)31)27(30(35)37-29)22-33-16-18-34(19-17-33)32(36,24-11-5-3-6-12-24)25-13-7-4-8-14-25/h3-8,11-14,26-29,36H,1,9-10,15-22H2,2H3/t26-,27?,28?,29-,31-/m1/s1. The van der Waals surface area contributed by atoms with E-state index in [1.807, 2.05) is 60.7 Å². The predicted octanol–water partition coefficient (Wildman–Crippen LogP) is 4.81. The van der Waals surface area contributed by atoms with Crippen LogP contribution in [-0.4, -0.2) is 59.7 Å². The van der Waals surface area contributed by atoms with Crippen LogP contribution in [0.1, 0.15) is 50.2 Å². The first-order valence-electron chi connectivity index (χ1n) is 14.1. The van der Waals surface area contributed by atoms with Crippen LogP contribution < -0.4 is 0 Å². The van der Waals surface area contributed by atoms with E-state index in [0.29, 0.717) is 11.8 Å². The molecule has 196 valence electrons. The zero-order valence-electron chi connectivity index (χ0n) is 22.0. The molecule has 0 spiro atoms. The third kappa shape index (κ3) is 4.35. The lowest BCUT2D eigenvalue weighted by atomic mass is 9.55. The van der Waals surface area contributed by atoms with E-state index in [4.69, 9.17) is 4.74 Å². The summed E-state index contributed by atoms with van der Waals surface area (Å²) in [5.74, 6) is 0.750. The third-order valence-electron chi connectivity index (χ3n) is 9.96. The second kappa shape index (κ2) is 9.68. The number of esters is 1. The first-order chi connectivity index (χ1) is 17.9. The highest BCUT2D eigenvalue weighted by Crippen LogP contribution is 2.57. The Balaban J connectivity index is 1.15. The summed E-state index contributed by atoms with van der Waals surface area (Å²) in [7, 11) is 0. The summed E-state index contributed by atoms with van der Waals surface area (Å²) in [6.07, 6.45) is 5.65. The van der Waals surface area contributed by atoms with Crippen LogP contribution >= 0.6 is 0 Å². The summed E-state index contributed by atoms with van der Waals surface area (Å²) in [5, 5.41) is 12.1. The van der Waals surface area contributed by atoms with Crippen molar-refractivity contribution in [3.63, 3.8) is 0 Å². The number of ether oxygens (including phenoxy) is 1. The van der Waals surface area contributed by atoms with Gasteiger partial charge in [0.1, 0.15) is 6.10 Å². The number of rotatable bonds is 5. The average molecular weight is 501 g/mol. The lowest BCUT2D eigenvalue weighted by Gasteiger charge is -2.50. The smallest absolute Gasteiger partial charge is 0.310 e. The number of benzene rings is 2. The zero-order chi connectivity index (χ0) is 25.6. The van der Waals surface area contributed by atoms with Crippen LogP contribution in [0.5, 0.6) is 0 Å². The molecule has 5 nitrogen and oxygen atoms in total. The molecule has 0 radical (unpaired) electrons. The van der Waals surface area contributed by atoms with E-state index in [1.54, 1.807) is 0 Å². The fourth-order valence-electron chi connectivity index (χ4n) is 7.87. The average Bonchev–Trinajstić information content (AvgIpc) is 3.21. The van der Waals surface area contributed by atoms with Gasteiger partial charge in [0.25, 0.3) is 0 Å². The third-order valence-corrected chi connectivity index (χ3v) is 9.96. The van der Waals surface area contributed by atoms with Crippen LogP contribution in [0.15, 0.2) is 72.8 Å². The van der Waals surface area contributed by atoms with Gasteiger partial charge in [-0.3, -0.25) is 14.6 Å². The van der Waals surface area contributed by atoms with Crippen LogP contribution in [-0.2, 0) is 15.3 Å². The Morgan fingerprint density at radius 2 is 1.65 bits per heavy atom. The van der Waals surface area contributed by atoms with Crippen LogP contribution in [0, 0.1) is 23.2 Å². The van der Waals surface area contributed by atoms with Gasteiger partial charge in [0.05, 0.1) is 5.92 Å². The molecule has 0 bridgehead atoms. The molecular formula is C32H40N2O3. The normalized spacial score (nSPS) is 33.0. The van der Waals surface area contributed by atoms with Crippen LogP contribution in [0.4, 0.5) is 0 Å². The lowest BCUT2D eigenvalue weighted by Crippen LogP contribution is -2.57. The molecule has 5 atom stereocenters. The number of carbonyl (C=O) groups excluding carboxylic acids is 1. The fraction of sp³-hybridized carbons (Fsp3) is 0.531. The quantitative estimate of drug-likeness (QED) is 0.472. The second-order valence-electron chi connectivity index (χ2n) is 12.1. The first kappa shape index (κ1) is 24.8. The van der Waals surface area contributed by atoms with E-state index in [2.05, 4.69) is 23.3 Å². The van der Waals surface area contributed by atoms with Gasteiger partial charge in [0.2, 0.25) is 0 Å². The van der Waals surface area contributed by atoms with E-state index in [1.165, 1.54) is 18.4 Å². The maximum Gasteiger partial charge on any atom is 0.310 e. The molecule has 2 unspecified atom stereocenters. The van der Waals surface area contributed by atoms with Crippen molar-refractivity contribution in [2.75, 3.05) is 32.7 Å². The summed E-state index contributed by atoms with van der Waals surface area (Å²) in [6, 6.07) is 19.9. The van der Waals surface area contributed by atoms with E-state index in [9.17, 15) is 9.90 Å². The number of nitrogens with zero attached hydrogens (tertiary/aromatic N) is 2. The molecule has 1 N–H and O–H groups in total. The van der Waals surface area contributed by atoms with Gasteiger partial charge in [-0.25, -0.2) is 0 Å². The predicted molar refractivity (Wildman–Crippen MR) is 145 cm³/mol. The molecule has 0 amide bonds. The van der Waals surface area contributed by atoms with E-state index < -0.39 is 5.72 Å². The fourth-order valence-corrected chi connectivity index (χ4v) is 7.87. The summed E-state index contributed by atoms with van der Waals surface area (Å²) in [6.45, 7) is 10.7. The van der Waals surface area contributed by atoms with Crippen LogP contribution in [0.3, 0.4) is 0 Å². The summed E-state index contributed by atoms with van der Waals surface area (Å²) < 4.78 is 6.01. The second-order valence-corrected chi connectivity index (χ2v) is 12.1. The number of hydrogen-bond donors (Lipinski definition) is 1. The van der Waals surface area contributed by atoms with Crippen molar-refractivity contribution in [1.82, 2.24) is 9.80 Å². The van der Waals surface area contributed by atoms with Gasteiger partial charge in [-0.15, -0.1) is 0 Å². The molecule has 5 heteroatoms. The van der Waals surface area contributed by atoms with Crippen molar-refractivity contribution >= 4 is 5.97 Å². The summed E-state index contributed by atoms with van der Waals surface area (Å²) in [4.78, 5) is 17.7. The summed E-state index contributed by atoms with van der Waals surface area (Å²) in [5.41, 5.74) is 2.21. The highest BCUT2D eigenvalue weighted by atomic mass is 16.6. The van der Waals surface area contributed by atoms with Gasteiger partial charge in [-0.1, -0.05) is 79.7 Å². The van der Waals surface area contributed by atoms with Crippen molar-refractivity contribution < 1.29 is 14.6 Å². The van der Waals surface area contributed by atoms with E-state index >= 15 is 0 Å². The topological polar surface area (TPSA) is 53.0 Å². The Labute approximate surface area is 221 Å². The molecule has 2 heterocycles. The Hall–Kier alpha value is -2.47. The number of piperazine rings is 1. The molecule has 4 aliphatic rings. The maximum absolute atomic E-state index is 13.1. The highest BCUT2D eigenvalue weighted by Gasteiger charge is 2.55. The molecule has 2 aliphatic carbocycles. The Morgan fingerprint density at radius 3 is 2.27 bits per heavy atom. The monoisotopic (exact) mass is 500 g/mol. The maximum atomic E-state index is 13.1. The van der Waals surface area contributed by atoms with Crippen LogP contribution in [0.25, 0.3) is 0 Å². The number of fused-ring (bicyclic) bond motifs is 2.